The predicted molar refractivity (Wildman–Crippen MR) is 96.5 cm³/mol. The van der Waals surface area contributed by atoms with E-state index in [0.717, 1.165) is 17.3 Å². The number of amides is 2. The number of hydrogen-bond donors (Lipinski definition) is 2. The van der Waals surface area contributed by atoms with Crippen molar-refractivity contribution in [3.05, 3.63) is 60.0 Å². The molecule has 2 amide bonds. The molecule has 1 unspecified atom stereocenters. The van der Waals surface area contributed by atoms with Crippen molar-refractivity contribution in [2.75, 3.05) is 0 Å². The normalized spacial score (nSPS) is 11.6. The van der Waals surface area contributed by atoms with Crippen LogP contribution in [0.1, 0.15) is 16.1 Å². The first kappa shape index (κ1) is 18.3. The number of rotatable bonds is 7. The summed E-state index contributed by atoms with van der Waals surface area (Å²) < 4.78 is 8.01. The number of Topliss-reactive ketones (excluding diaryl/α,β-unsaturated/α-hetero) is 1. The topological polar surface area (TPSA) is 141 Å². The smallest absolute Gasteiger partial charge is 0.287 e. The molecule has 3 N–H and O–H groups in total. The monoisotopic (exact) mass is 382 g/mol. The van der Waals surface area contributed by atoms with Crippen LogP contribution in [0.5, 0.6) is 0 Å². The lowest BCUT2D eigenvalue weighted by Crippen LogP contribution is -2.47. The number of nitrogens with one attached hydrogen (secondary N) is 1. The summed E-state index contributed by atoms with van der Waals surface area (Å²) in [6, 6.07) is 9.46. The fourth-order valence-electron chi connectivity index (χ4n) is 2.36. The first-order valence-corrected chi connectivity index (χ1v) is 8.57. The van der Waals surface area contributed by atoms with E-state index < -0.39 is 23.6 Å². The van der Waals surface area contributed by atoms with Crippen LogP contribution in [-0.2, 0) is 16.0 Å². The Labute approximate surface area is 158 Å². The van der Waals surface area contributed by atoms with Gasteiger partial charge in [0.25, 0.3) is 11.8 Å². The van der Waals surface area contributed by atoms with Crippen molar-refractivity contribution in [1.29, 1.82) is 0 Å². The Bertz CT molecular complexity index is 961. The van der Waals surface area contributed by atoms with Crippen molar-refractivity contribution in [2.45, 2.75) is 12.5 Å². The van der Waals surface area contributed by atoms with E-state index in [4.69, 9.17) is 5.73 Å². The van der Waals surface area contributed by atoms with E-state index in [0.29, 0.717) is 0 Å². The molecule has 1 atom stereocenters. The van der Waals surface area contributed by atoms with Crippen LogP contribution >= 0.6 is 11.7 Å². The van der Waals surface area contributed by atoms with Gasteiger partial charge in [-0.2, -0.15) is 8.75 Å². The third kappa shape index (κ3) is 4.36. The van der Waals surface area contributed by atoms with E-state index in [1.807, 2.05) is 6.07 Å². The molecule has 2 aromatic heterocycles. The van der Waals surface area contributed by atoms with Gasteiger partial charge in [-0.3, -0.25) is 14.4 Å². The van der Waals surface area contributed by atoms with Crippen LogP contribution in [0.3, 0.4) is 0 Å². The molecule has 0 aliphatic heterocycles. The highest BCUT2D eigenvalue weighted by molar-refractivity contribution is 6.99. The number of carbonyl (C=O) groups is 3. The minimum Gasteiger partial charge on any atom is -0.363 e. The summed E-state index contributed by atoms with van der Waals surface area (Å²) in [6.07, 6.45) is 3.14. The second-order valence-corrected chi connectivity index (χ2v) is 6.01. The van der Waals surface area contributed by atoms with Gasteiger partial charge in [0, 0.05) is 18.8 Å². The zero-order valence-corrected chi connectivity index (χ0v) is 14.7. The van der Waals surface area contributed by atoms with Gasteiger partial charge >= 0.3 is 0 Å². The fourth-order valence-corrected chi connectivity index (χ4v) is 2.90. The van der Waals surface area contributed by atoms with Gasteiger partial charge in [-0.1, -0.05) is 30.3 Å². The van der Waals surface area contributed by atoms with Gasteiger partial charge in [0.1, 0.15) is 6.04 Å². The number of benzene rings is 1. The minimum atomic E-state index is -1.13. The second kappa shape index (κ2) is 8.23. The van der Waals surface area contributed by atoms with E-state index in [2.05, 4.69) is 24.0 Å². The maximum Gasteiger partial charge on any atom is 0.287 e. The SMILES string of the molecule is NC(=O)C(=O)C(Cc1ccccc1)NC(=O)c1nsnc1-c1ncccn1. The van der Waals surface area contributed by atoms with Crippen LogP contribution in [0, 0.1) is 0 Å². The van der Waals surface area contributed by atoms with Gasteiger partial charge in [0.15, 0.2) is 17.2 Å². The molecule has 2 heterocycles. The highest BCUT2D eigenvalue weighted by atomic mass is 32.1. The van der Waals surface area contributed by atoms with Crippen LogP contribution in [0.25, 0.3) is 11.5 Å². The Morgan fingerprint density at radius 1 is 1.04 bits per heavy atom. The molecule has 3 aromatic rings. The molecule has 1 aromatic carbocycles. The quantitative estimate of drug-likeness (QED) is 0.563. The summed E-state index contributed by atoms with van der Waals surface area (Å²) >= 11 is 0.818. The lowest BCUT2D eigenvalue weighted by Gasteiger charge is -2.15. The van der Waals surface area contributed by atoms with Gasteiger partial charge in [0.2, 0.25) is 5.78 Å². The number of aromatic nitrogens is 4. The number of primary amides is 1. The minimum absolute atomic E-state index is 0.0264. The standard InChI is InChI=1S/C17H14N6O3S/c18-15(25)14(24)11(9-10-5-2-1-3-6-10)21-17(26)13-12(22-27-23-13)16-19-7-4-8-20-16/h1-8,11H,9H2,(H2,18,25)(H,21,26). The van der Waals surface area contributed by atoms with E-state index in [9.17, 15) is 14.4 Å². The summed E-state index contributed by atoms with van der Waals surface area (Å²) in [4.78, 5) is 44.3. The predicted octanol–water partition coefficient (Wildman–Crippen LogP) is 0.391. The van der Waals surface area contributed by atoms with Crippen LogP contribution in [0.4, 0.5) is 0 Å². The van der Waals surface area contributed by atoms with Gasteiger partial charge in [-0.15, -0.1) is 0 Å². The third-order valence-corrected chi connectivity index (χ3v) is 4.16. The van der Waals surface area contributed by atoms with Crippen molar-refractivity contribution in [3.63, 3.8) is 0 Å². The van der Waals surface area contributed by atoms with Crippen LogP contribution in [0.2, 0.25) is 0 Å². The highest BCUT2D eigenvalue weighted by Crippen LogP contribution is 2.17. The number of ketones is 1. The second-order valence-electron chi connectivity index (χ2n) is 5.48. The number of nitrogens with zero attached hydrogens (tertiary/aromatic N) is 4. The molecular formula is C17H14N6O3S. The Morgan fingerprint density at radius 3 is 2.41 bits per heavy atom. The largest absolute Gasteiger partial charge is 0.363 e. The molecule has 27 heavy (non-hydrogen) atoms. The van der Waals surface area contributed by atoms with Crippen molar-refractivity contribution in [1.82, 2.24) is 24.0 Å². The molecule has 136 valence electrons. The van der Waals surface area contributed by atoms with Crippen molar-refractivity contribution in [2.24, 2.45) is 5.73 Å². The average molecular weight is 382 g/mol. The first-order chi connectivity index (χ1) is 13.1. The Hall–Kier alpha value is -3.53. The number of nitrogens with two attached hydrogens (primary N) is 1. The van der Waals surface area contributed by atoms with Crippen LogP contribution < -0.4 is 11.1 Å². The summed E-state index contributed by atoms with van der Waals surface area (Å²) in [5, 5.41) is 2.52. The molecule has 0 radical (unpaired) electrons. The molecule has 0 aliphatic rings. The number of hydrogen-bond acceptors (Lipinski definition) is 8. The lowest BCUT2D eigenvalue weighted by atomic mass is 10.0. The molecule has 0 saturated carbocycles. The number of carbonyl (C=O) groups excluding carboxylic acids is 3. The van der Waals surface area contributed by atoms with E-state index in [1.54, 1.807) is 30.3 Å². The summed E-state index contributed by atoms with van der Waals surface area (Å²) in [6.45, 7) is 0. The Balaban J connectivity index is 1.84. The van der Waals surface area contributed by atoms with Crippen molar-refractivity contribution >= 4 is 29.3 Å². The fraction of sp³-hybridized carbons (Fsp3) is 0.118. The van der Waals surface area contributed by atoms with Gasteiger partial charge < -0.3 is 11.1 Å². The summed E-state index contributed by atoms with van der Waals surface area (Å²) in [7, 11) is 0. The Morgan fingerprint density at radius 2 is 1.74 bits per heavy atom. The lowest BCUT2D eigenvalue weighted by molar-refractivity contribution is -0.137. The van der Waals surface area contributed by atoms with Crippen LogP contribution in [0.15, 0.2) is 48.8 Å². The molecule has 0 bridgehead atoms. The third-order valence-electron chi connectivity index (χ3n) is 3.63. The Kier molecular flexibility index (Phi) is 5.57. The van der Waals surface area contributed by atoms with E-state index in [1.165, 1.54) is 12.4 Å². The van der Waals surface area contributed by atoms with Crippen LogP contribution in [-0.4, -0.2) is 42.4 Å². The van der Waals surface area contributed by atoms with Gasteiger partial charge in [0.05, 0.1) is 11.7 Å². The zero-order valence-electron chi connectivity index (χ0n) is 13.9. The average Bonchev–Trinajstić information content (AvgIpc) is 3.18. The summed E-state index contributed by atoms with van der Waals surface area (Å²) in [5.74, 6) is -2.45. The van der Waals surface area contributed by atoms with Gasteiger partial charge in [-0.25, -0.2) is 9.97 Å². The molecule has 10 heteroatoms. The zero-order chi connectivity index (χ0) is 19.2. The molecule has 3 rings (SSSR count). The van der Waals surface area contributed by atoms with Crippen molar-refractivity contribution in [3.8, 4) is 11.5 Å². The molecule has 0 aliphatic carbocycles. The first-order valence-electron chi connectivity index (χ1n) is 7.84. The molecule has 0 fully saturated rings. The maximum atomic E-state index is 12.7. The van der Waals surface area contributed by atoms with E-state index in [-0.39, 0.29) is 23.6 Å². The summed E-state index contributed by atoms with van der Waals surface area (Å²) in [5.41, 5.74) is 6.06. The van der Waals surface area contributed by atoms with Crippen molar-refractivity contribution < 1.29 is 14.4 Å². The highest BCUT2D eigenvalue weighted by Gasteiger charge is 2.28. The molecule has 0 saturated heterocycles. The maximum absolute atomic E-state index is 12.7. The molecule has 9 nitrogen and oxygen atoms in total. The van der Waals surface area contributed by atoms with E-state index >= 15 is 0 Å². The van der Waals surface area contributed by atoms with Gasteiger partial charge in [-0.05, 0) is 11.6 Å². The molecule has 0 spiro atoms. The molecular weight excluding hydrogens is 368 g/mol.